The van der Waals surface area contributed by atoms with Gasteiger partial charge in [-0.2, -0.15) is 0 Å². The average molecular weight is 310 g/mol. The fourth-order valence-electron chi connectivity index (χ4n) is 3.63. The Labute approximate surface area is 131 Å². The van der Waals surface area contributed by atoms with Crippen LogP contribution >= 0.6 is 11.8 Å². The number of rotatable bonds is 5. The quantitative estimate of drug-likeness (QED) is 0.847. The number of thioether (sulfide) groups is 1. The normalized spacial score (nSPS) is 24.5. The molecule has 1 aromatic rings. The van der Waals surface area contributed by atoms with E-state index in [0.717, 1.165) is 16.7 Å². The van der Waals surface area contributed by atoms with Crippen molar-refractivity contribution in [3.63, 3.8) is 0 Å². The van der Waals surface area contributed by atoms with Gasteiger partial charge in [0.15, 0.2) is 5.16 Å². The molecule has 2 aliphatic rings. The second-order valence-electron chi connectivity index (χ2n) is 6.55. The molecule has 2 N–H and O–H groups in total. The predicted octanol–water partition coefficient (Wildman–Crippen LogP) is 2.90. The van der Waals surface area contributed by atoms with Gasteiger partial charge in [-0.3, -0.25) is 0 Å². The van der Waals surface area contributed by atoms with E-state index in [1.54, 1.807) is 11.8 Å². The van der Waals surface area contributed by atoms with Crippen LogP contribution in [0.5, 0.6) is 0 Å². The number of aromatic nitrogens is 3. The van der Waals surface area contributed by atoms with E-state index in [1.165, 1.54) is 38.5 Å². The zero-order chi connectivity index (χ0) is 14.9. The third-order valence-electron chi connectivity index (χ3n) is 4.69. The van der Waals surface area contributed by atoms with Crippen LogP contribution in [0.1, 0.15) is 64.2 Å². The Morgan fingerprint density at radius 2 is 2.10 bits per heavy atom. The molecule has 0 radical (unpaired) electrons. The summed E-state index contributed by atoms with van der Waals surface area (Å²) >= 11 is 1.76. The van der Waals surface area contributed by atoms with Gasteiger partial charge in [0.2, 0.25) is 0 Å². The summed E-state index contributed by atoms with van der Waals surface area (Å²) in [5.74, 6) is 1.84. The molecule has 1 saturated heterocycles. The van der Waals surface area contributed by atoms with Gasteiger partial charge in [-0.1, -0.05) is 24.6 Å². The minimum atomic E-state index is 0.222. The van der Waals surface area contributed by atoms with Gasteiger partial charge in [-0.05, 0) is 39.5 Å². The highest BCUT2D eigenvalue weighted by molar-refractivity contribution is 7.99. The van der Waals surface area contributed by atoms with Gasteiger partial charge < -0.3 is 15.0 Å². The van der Waals surface area contributed by atoms with E-state index in [1.807, 2.05) is 0 Å². The molecule has 1 spiro atoms. The second-order valence-corrected chi connectivity index (χ2v) is 7.53. The average Bonchev–Trinajstić information content (AvgIpc) is 3.18. The number of nitrogens with two attached hydrogens (primary N) is 1. The van der Waals surface area contributed by atoms with E-state index in [-0.39, 0.29) is 5.60 Å². The van der Waals surface area contributed by atoms with Gasteiger partial charge >= 0.3 is 0 Å². The lowest BCUT2D eigenvalue weighted by Gasteiger charge is -2.23. The maximum Gasteiger partial charge on any atom is 0.191 e. The molecule has 1 aliphatic heterocycles. The van der Waals surface area contributed by atoms with Gasteiger partial charge in [0.1, 0.15) is 5.82 Å². The van der Waals surface area contributed by atoms with E-state index in [9.17, 15) is 0 Å². The second kappa shape index (κ2) is 6.26. The summed E-state index contributed by atoms with van der Waals surface area (Å²) in [6.07, 6.45) is 7.98. The summed E-state index contributed by atoms with van der Waals surface area (Å²) in [6, 6.07) is 0.340. The molecule has 2 fully saturated rings. The smallest absolute Gasteiger partial charge is 0.191 e. The van der Waals surface area contributed by atoms with E-state index >= 15 is 0 Å². The molecule has 2 heterocycles. The van der Waals surface area contributed by atoms with Crippen LogP contribution in [0.25, 0.3) is 0 Å². The van der Waals surface area contributed by atoms with E-state index in [0.29, 0.717) is 18.7 Å². The first-order valence-electron chi connectivity index (χ1n) is 8.08. The van der Waals surface area contributed by atoms with Crippen LogP contribution in [-0.2, 0) is 11.3 Å². The number of ether oxygens (including phenoxy) is 1. The first kappa shape index (κ1) is 15.3. The van der Waals surface area contributed by atoms with Crippen molar-refractivity contribution in [3.05, 3.63) is 5.82 Å². The topological polar surface area (TPSA) is 66.0 Å². The van der Waals surface area contributed by atoms with Gasteiger partial charge in [0.05, 0.1) is 18.2 Å². The van der Waals surface area contributed by atoms with E-state index in [4.69, 9.17) is 10.5 Å². The minimum Gasteiger partial charge on any atom is -0.371 e. The highest BCUT2D eigenvalue weighted by atomic mass is 32.2. The first-order chi connectivity index (χ1) is 10.1. The third-order valence-corrected chi connectivity index (χ3v) is 5.76. The lowest BCUT2D eigenvalue weighted by Crippen LogP contribution is -2.25. The van der Waals surface area contributed by atoms with Gasteiger partial charge in [0.25, 0.3) is 0 Å². The Morgan fingerprint density at radius 1 is 1.33 bits per heavy atom. The fourth-order valence-corrected chi connectivity index (χ4v) is 4.75. The van der Waals surface area contributed by atoms with Crippen LogP contribution in [0.3, 0.4) is 0 Å². The van der Waals surface area contributed by atoms with Gasteiger partial charge in [0, 0.05) is 11.8 Å². The van der Waals surface area contributed by atoms with Crippen LogP contribution < -0.4 is 5.73 Å². The molecule has 0 aromatic carbocycles. The largest absolute Gasteiger partial charge is 0.371 e. The molecular weight excluding hydrogens is 284 g/mol. The molecule has 6 heteroatoms. The van der Waals surface area contributed by atoms with Crippen molar-refractivity contribution in [2.24, 2.45) is 5.73 Å². The van der Waals surface area contributed by atoms with Crippen molar-refractivity contribution in [3.8, 4) is 0 Å². The summed E-state index contributed by atoms with van der Waals surface area (Å²) in [5.41, 5.74) is 5.96. The zero-order valence-electron chi connectivity index (χ0n) is 13.0. The molecule has 21 heavy (non-hydrogen) atoms. The fraction of sp³-hybridized carbons (Fsp3) is 0.867. The highest BCUT2D eigenvalue weighted by Gasteiger charge is 2.42. The molecule has 118 valence electrons. The van der Waals surface area contributed by atoms with Gasteiger partial charge in [-0.15, -0.1) is 10.2 Å². The molecule has 1 atom stereocenters. The summed E-state index contributed by atoms with van der Waals surface area (Å²) in [7, 11) is 0. The van der Waals surface area contributed by atoms with Crippen LogP contribution in [0.15, 0.2) is 5.16 Å². The van der Waals surface area contributed by atoms with Crippen molar-refractivity contribution in [2.75, 3.05) is 5.75 Å². The Kier molecular flexibility index (Phi) is 4.57. The molecular formula is C15H26N4OS. The molecule has 3 rings (SSSR count). The van der Waals surface area contributed by atoms with E-state index in [2.05, 4.69) is 28.6 Å². The Bertz CT molecular complexity index is 482. The van der Waals surface area contributed by atoms with Crippen molar-refractivity contribution >= 4 is 11.8 Å². The SMILES string of the molecule is CC(C)n1c(CN)nnc1SCC1CCC2(CCCC2)O1. The van der Waals surface area contributed by atoms with Crippen molar-refractivity contribution in [1.82, 2.24) is 14.8 Å². The number of hydrogen-bond acceptors (Lipinski definition) is 5. The van der Waals surface area contributed by atoms with Gasteiger partial charge in [-0.25, -0.2) is 0 Å². The van der Waals surface area contributed by atoms with E-state index < -0.39 is 0 Å². The maximum atomic E-state index is 6.36. The lowest BCUT2D eigenvalue weighted by molar-refractivity contribution is -0.0267. The summed E-state index contributed by atoms with van der Waals surface area (Å²) < 4.78 is 8.51. The maximum absolute atomic E-state index is 6.36. The minimum absolute atomic E-state index is 0.222. The lowest BCUT2D eigenvalue weighted by atomic mass is 9.98. The molecule has 1 unspecified atom stereocenters. The third kappa shape index (κ3) is 3.12. The van der Waals surface area contributed by atoms with Crippen LogP contribution in [0, 0.1) is 0 Å². The summed E-state index contributed by atoms with van der Waals surface area (Å²) in [6.45, 7) is 4.73. The Hall–Kier alpha value is -0.590. The Morgan fingerprint density at radius 3 is 2.76 bits per heavy atom. The standard InChI is InChI=1S/C15H26N4OS/c1-11(2)19-13(9-16)17-18-14(19)21-10-12-5-8-15(20-12)6-3-4-7-15/h11-12H,3-10,16H2,1-2H3. The number of hydrogen-bond donors (Lipinski definition) is 1. The zero-order valence-corrected chi connectivity index (χ0v) is 13.9. The summed E-state index contributed by atoms with van der Waals surface area (Å²) in [4.78, 5) is 0. The monoisotopic (exact) mass is 310 g/mol. The van der Waals surface area contributed by atoms with Crippen LogP contribution in [0.2, 0.25) is 0 Å². The molecule has 0 amide bonds. The van der Waals surface area contributed by atoms with Crippen molar-refractivity contribution in [2.45, 2.75) is 81.8 Å². The molecule has 0 bridgehead atoms. The van der Waals surface area contributed by atoms with Crippen LogP contribution in [-0.4, -0.2) is 32.2 Å². The first-order valence-corrected chi connectivity index (χ1v) is 9.06. The van der Waals surface area contributed by atoms with Crippen LogP contribution in [0.4, 0.5) is 0 Å². The predicted molar refractivity (Wildman–Crippen MR) is 84.3 cm³/mol. The summed E-state index contributed by atoms with van der Waals surface area (Å²) in [5, 5.41) is 9.47. The number of nitrogens with zero attached hydrogens (tertiary/aromatic N) is 3. The van der Waals surface area contributed by atoms with Crippen molar-refractivity contribution in [1.29, 1.82) is 0 Å². The Balaban J connectivity index is 1.60. The molecule has 5 nitrogen and oxygen atoms in total. The van der Waals surface area contributed by atoms with Crippen molar-refractivity contribution < 1.29 is 4.74 Å². The molecule has 1 aliphatic carbocycles. The highest BCUT2D eigenvalue weighted by Crippen LogP contribution is 2.44. The molecule has 1 aromatic heterocycles. The molecule has 1 saturated carbocycles.